The molecule has 2 nitrogen and oxygen atoms in total. The Morgan fingerprint density at radius 3 is 2.50 bits per heavy atom. The zero-order valence-corrected chi connectivity index (χ0v) is 6.64. The van der Waals surface area contributed by atoms with Crippen LogP contribution in [0.3, 0.4) is 0 Å². The van der Waals surface area contributed by atoms with Gasteiger partial charge in [0, 0.05) is 0 Å². The smallest absolute Gasteiger partial charge is 0.411 e. The summed E-state index contributed by atoms with van der Waals surface area (Å²) in [5, 5.41) is 8.18. The Bertz CT molecular complexity index is 142. The van der Waals surface area contributed by atoms with E-state index in [4.69, 9.17) is 5.11 Å². The van der Waals surface area contributed by atoms with Gasteiger partial charge in [-0.3, -0.25) is 0 Å². The summed E-state index contributed by atoms with van der Waals surface area (Å²) in [5.41, 5.74) is 0. The summed E-state index contributed by atoms with van der Waals surface area (Å²) in [7, 11) is 0. The SMILES string of the molecule is CC(CC=CO)OCC(F)(F)F. The van der Waals surface area contributed by atoms with Crippen LogP contribution in [0.2, 0.25) is 0 Å². The van der Waals surface area contributed by atoms with Crippen LogP contribution in [0.1, 0.15) is 13.3 Å². The van der Waals surface area contributed by atoms with E-state index in [9.17, 15) is 13.2 Å². The van der Waals surface area contributed by atoms with E-state index in [0.29, 0.717) is 0 Å². The molecule has 0 aromatic carbocycles. The lowest BCUT2D eigenvalue weighted by molar-refractivity contribution is -0.183. The minimum Gasteiger partial charge on any atom is -0.516 e. The minimum absolute atomic E-state index is 0.270. The van der Waals surface area contributed by atoms with Crippen LogP contribution in [-0.2, 0) is 4.74 Å². The summed E-state index contributed by atoms with van der Waals surface area (Å²) in [6.07, 6.45) is -2.42. The fourth-order valence-corrected chi connectivity index (χ4v) is 0.557. The van der Waals surface area contributed by atoms with Gasteiger partial charge in [-0.1, -0.05) is 0 Å². The van der Waals surface area contributed by atoms with Crippen molar-refractivity contribution in [1.82, 2.24) is 0 Å². The molecule has 1 atom stereocenters. The Kier molecular flexibility index (Phi) is 4.73. The van der Waals surface area contributed by atoms with Crippen molar-refractivity contribution in [3.63, 3.8) is 0 Å². The molecule has 0 aromatic heterocycles. The molecule has 1 unspecified atom stereocenters. The average molecular weight is 184 g/mol. The van der Waals surface area contributed by atoms with Crippen LogP contribution in [0.4, 0.5) is 13.2 Å². The molecule has 0 rings (SSSR count). The number of hydrogen-bond acceptors (Lipinski definition) is 2. The molecule has 0 aromatic rings. The lowest BCUT2D eigenvalue weighted by atomic mass is 10.3. The van der Waals surface area contributed by atoms with Crippen LogP contribution in [0.5, 0.6) is 0 Å². The van der Waals surface area contributed by atoms with Gasteiger partial charge in [0.2, 0.25) is 0 Å². The molecule has 1 N–H and O–H groups in total. The van der Waals surface area contributed by atoms with Gasteiger partial charge in [-0.15, -0.1) is 0 Å². The van der Waals surface area contributed by atoms with Crippen molar-refractivity contribution in [3.05, 3.63) is 12.3 Å². The first-order valence-corrected chi connectivity index (χ1v) is 3.43. The highest BCUT2D eigenvalue weighted by Crippen LogP contribution is 2.16. The van der Waals surface area contributed by atoms with Gasteiger partial charge >= 0.3 is 6.18 Å². The largest absolute Gasteiger partial charge is 0.516 e. The van der Waals surface area contributed by atoms with Crippen LogP contribution in [0.25, 0.3) is 0 Å². The molecular formula is C7H11F3O2. The normalized spacial score (nSPS) is 15.3. The van der Waals surface area contributed by atoms with Crippen LogP contribution in [0, 0.1) is 0 Å². The molecule has 0 aliphatic heterocycles. The topological polar surface area (TPSA) is 29.5 Å². The quantitative estimate of drug-likeness (QED) is 0.680. The standard InChI is InChI=1S/C7H11F3O2/c1-6(3-2-4-11)12-5-7(8,9)10/h2,4,6,11H,3,5H2,1H3. The molecule has 0 saturated carbocycles. The Morgan fingerprint density at radius 2 is 2.08 bits per heavy atom. The lowest BCUT2D eigenvalue weighted by Gasteiger charge is -2.12. The molecule has 0 amide bonds. The third-order valence-corrected chi connectivity index (χ3v) is 1.10. The number of aliphatic hydroxyl groups is 1. The van der Waals surface area contributed by atoms with Crippen molar-refractivity contribution in [2.24, 2.45) is 0 Å². The second-order valence-electron chi connectivity index (χ2n) is 2.36. The fourth-order valence-electron chi connectivity index (χ4n) is 0.557. The predicted molar refractivity (Wildman–Crippen MR) is 37.9 cm³/mol. The molecule has 0 radical (unpaired) electrons. The van der Waals surface area contributed by atoms with Gasteiger partial charge in [0.1, 0.15) is 6.61 Å². The van der Waals surface area contributed by atoms with Gasteiger partial charge in [-0.05, 0) is 19.4 Å². The number of alkyl halides is 3. The first-order valence-electron chi connectivity index (χ1n) is 3.43. The predicted octanol–water partition coefficient (Wildman–Crippen LogP) is 2.42. The van der Waals surface area contributed by atoms with Crippen molar-refractivity contribution in [1.29, 1.82) is 0 Å². The van der Waals surface area contributed by atoms with E-state index in [2.05, 4.69) is 4.74 Å². The van der Waals surface area contributed by atoms with Crippen LogP contribution in [0.15, 0.2) is 12.3 Å². The van der Waals surface area contributed by atoms with Gasteiger partial charge < -0.3 is 9.84 Å². The molecule has 0 aliphatic rings. The molecule has 0 aliphatic carbocycles. The van der Waals surface area contributed by atoms with E-state index >= 15 is 0 Å². The van der Waals surface area contributed by atoms with Crippen LogP contribution in [-0.4, -0.2) is 24.0 Å². The monoisotopic (exact) mass is 184 g/mol. The number of rotatable bonds is 4. The maximum atomic E-state index is 11.5. The molecule has 5 heteroatoms. The highest BCUT2D eigenvalue weighted by atomic mass is 19.4. The third kappa shape index (κ3) is 7.40. The zero-order chi connectivity index (χ0) is 9.61. The summed E-state index contributed by atoms with van der Waals surface area (Å²) in [6.45, 7) is 0.263. The molecule has 0 bridgehead atoms. The van der Waals surface area contributed by atoms with Crippen molar-refractivity contribution >= 4 is 0 Å². The third-order valence-electron chi connectivity index (χ3n) is 1.10. The number of ether oxygens (including phenoxy) is 1. The zero-order valence-electron chi connectivity index (χ0n) is 6.64. The van der Waals surface area contributed by atoms with Crippen molar-refractivity contribution in [2.45, 2.75) is 25.6 Å². The Balaban J connectivity index is 3.50. The maximum absolute atomic E-state index is 11.5. The molecule has 72 valence electrons. The minimum atomic E-state index is -4.28. The van der Waals surface area contributed by atoms with E-state index < -0.39 is 18.9 Å². The number of aliphatic hydroxyl groups excluding tert-OH is 1. The Morgan fingerprint density at radius 1 is 1.50 bits per heavy atom. The maximum Gasteiger partial charge on any atom is 0.411 e. The molecule has 0 fully saturated rings. The van der Waals surface area contributed by atoms with E-state index in [1.165, 1.54) is 13.0 Å². The van der Waals surface area contributed by atoms with Crippen molar-refractivity contribution in [2.75, 3.05) is 6.61 Å². The summed E-state index contributed by atoms with van der Waals surface area (Å²) in [5.74, 6) is 0. The molecule has 0 heterocycles. The summed E-state index contributed by atoms with van der Waals surface area (Å²) in [4.78, 5) is 0. The van der Waals surface area contributed by atoms with Gasteiger partial charge in [0.25, 0.3) is 0 Å². The van der Waals surface area contributed by atoms with E-state index in [0.717, 1.165) is 6.26 Å². The highest BCUT2D eigenvalue weighted by molar-refractivity contribution is 4.74. The van der Waals surface area contributed by atoms with E-state index in [1.54, 1.807) is 0 Å². The van der Waals surface area contributed by atoms with E-state index in [1.807, 2.05) is 0 Å². The van der Waals surface area contributed by atoms with E-state index in [-0.39, 0.29) is 6.42 Å². The Hall–Kier alpha value is -0.710. The number of hydrogen-bond donors (Lipinski definition) is 1. The van der Waals surface area contributed by atoms with Crippen molar-refractivity contribution in [3.8, 4) is 0 Å². The summed E-state index contributed by atoms with van der Waals surface area (Å²) in [6, 6.07) is 0. The Labute approximate surface area is 68.6 Å². The second kappa shape index (κ2) is 5.03. The average Bonchev–Trinajstić information content (AvgIpc) is 1.95. The molecule has 0 spiro atoms. The van der Waals surface area contributed by atoms with Crippen LogP contribution >= 0.6 is 0 Å². The molecule has 0 saturated heterocycles. The van der Waals surface area contributed by atoms with Gasteiger partial charge in [-0.25, -0.2) is 0 Å². The molecule has 12 heavy (non-hydrogen) atoms. The van der Waals surface area contributed by atoms with Gasteiger partial charge in [-0.2, -0.15) is 13.2 Å². The fraction of sp³-hybridized carbons (Fsp3) is 0.714. The highest BCUT2D eigenvalue weighted by Gasteiger charge is 2.28. The second-order valence-corrected chi connectivity index (χ2v) is 2.36. The first-order chi connectivity index (χ1) is 5.45. The van der Waals surface area contributed by atoms with Gasteiger partial charge in [0.05, 0.1) is 12.4 Å². The van der Waals surface area contributed by atoms with Gasteiger partial charge in [0.15, 0.2) is 0 Å². The summed E-state index contributed by atoms with van der Waals surface area (Å²) >= 11 is 0. The van der Waals surface area contributed by atoms with Crippen LogP contribution < -0.4 is 0 Å². The summed E-state index contributed by atoms with van der Waals surface area (Å²) < 4.78 is 39.1. The number of halogens is 3. The lowest BCUT2D eigenvalue weighted by Crippen LogP contribution is -2.21. The van der Waals surface area contributed by atoms with Crippen molar-refractivity contribution < 1.29 is 23.0 Å². The molecular weight excluding hydrogens is 173 g/mol. The first kappa shape index (κ1) is 11.3.